The van der Waals surface area contributed by atoms with Gasteiger partial charge in [-0.3, -0.25) is 9.48 Å². The van der Waals surface area contributed by atoms with Gasteiger partial charge in [-0.25, -0.2) is 13.6 Å². The van der Waals surface area contributed by atoms with E-state index in [9.17, 15) is 13.2 Å². The number of nitrogens with zero attached hydrogens (tertiary/aromatic N) is 2. The van der Waals surface area contributed by atoms with E-state index in [1.807, 2.05) is 6.92 Å². The van der Waals surface area contributed by atoms with Crippen LogP contribution < -0.4 is 10.5 Å². The van der Waals surface area contributed by atoms with Gasteiger partial charge in [-0.2, -0.15) is 5.10 Å². The normalized spacial score (nSPS) is 12.1. The first-order valence-corrected chi connectivity index (χ1v) is 9.85. The zero-order chi connectivity index (χ0) is 19.5. The van der Waals surface area contributed by atoms with Crippen molar-refractivity contribution in [3.05, 3.63) is 46.8 Å². The van der Waals surface area contributed by atoms with E-state index < -0.39 is 10.0 Å². The van der Waals surface area contributed by atoms with Gasteiger partial charge in [-0.1, -0.05) is 25.4 Å². The molecule has 0 atom stereocenters. The summed E-state index contributed by atoms with van der Waals surface area (Å²) < 4.78 is 24.1. The molecule has 1 aromatic carbocycles. The molecule has 0 spiro atoms. The number of nitrogens with one attached hydrogen (secondary N) is 1. The fourth-order valence-electron chi connectivity index (χ4n) is 2.29. The lowest BCUT2D eigenvalue weighted by Crippen LogP contribution is -2.12. The molecular weight excluding hydrogens is 376 g/mol. The molecule has 26 heavy (non-hydrogen) atoms. The lowest BCUT2D eigenvalue weighted by molar-refractivity contribution is -0.111. The standard InChI is InChI=1S/C17H21ClN4O3S/c1-11(2)10-22-17(18)15(12(3)21-22)8-9-16(23)20-13-4-6-14(7-5-13)26(19,24)25/h4-9,11H,10H2,1-3H3,(H,20,23)(H2,19,24,25)/b9-8+. The third-order valence-corrected chi connectivity index (χ3v) is 4.83. The van der Waals surface area contributed by atoms with Crippen molar-refractivity contribution in [3.63, 3.8) is 0 Å². The molecule has 0 aliphatic carbocycles. The van der Waals surface area contributed by atoms with Crippen molar-refractivity contribution in [3.8, 4) is 0 Å². The quantitative estimate of drug-likeness (QED) is 0.732. The Morgan fingerprint density at radius 2 is 1.96 bits per heavy atom. The predicted molar refractivity (Wildman–Crippen MR) is 102 cm³/mol. The van der Waals surface area contributed by atoms with Crippen LogP contribution in [0, 0.1) is 12.8 Å². The van der Waals surface area contributed by atoms with Crippen molar-refractivity contribution in [2.75, 3.05) is 5.32 Å². The third-order valence-electron chi connectivity index (χ3n) is 3.50. The summed E-state index contributed by atoms with van der Waals surface area (Å²) in [6, 6.07) is 5.58. The molecule has 1 amide bonds. The predicted octanol–water partition coefficient (Wildman–Crippen LogP) is 2.80. The smallest absolute Gasteiger partial charge is 0.248 e. The molecule has 0 aliphatic heterocycles. The summed E-state index contributed by atoms with van der Waals surface area (Å²) >= 11 is 6.33. The number of carbonyl (C=O) groups excluding carboxylic acids is 1. The van der Waals surface area contributed by atoms with Gasteiger partial charge in [0.2, 0.25) is 15.9 Å². The van der Waals surface area contributed by atoms with Crippen LogP contribution in [0.3, 0.4) is 0 Å². The van der Waals surface area contributed by atoms with Gasteiger partial charge in [-0.15, -0.1) is 0 Å². The van der Waals surface area contributed by atoms with Gasteiger partial charge in [0.05, 0.1) is 10.6 Å². The summed E-state index contributed by atoms with van der Waals surface area (Å²) in [6.07, 6.45) is 2.96. The van der Waals surface area contributed by atoms with Gasteiger partial charge in [0.15, 0.2) is 0 Å². The number of hydrogen-bond acceptors (Lipinski definition) is 4. The second kappa shape index (κ2) is 8.03. The fraction of sp³-hybridized carbons (Fsp3) is 0.294. The van der Waals surface area contributed by atoms with E-state index in [1.165, 1.54) is 30.3 Å². The molecule has 0 saturated heterocycles. The average molecular weight is 397 g/mol. The maximum absolute atomic E-state index is 12.1. The zero-order valence-electron chi connectivity index (χ0n) is 14.7. The first-order valence-electron chi connectivity index (χ1n) is 7.92. The van der Waals surface area contributed by atoms with Crippen LogP contribution in [-0.4, -0.2) is 24.1 Å². The lowest BCUT2D eigenvalue weighted by Gasteiger charge is -2.05. The summed E-state index contributed by atoms with van der Waals surface area (Å²) in [5.74, 6) is 0.0210. The van der Waals surface area contributed by atoms with Crippen LogP contribution in [0.1, 0.15) is 25.1 Å². The molecule has 140 valence electrons. The molecule has 0 unspecified atom stereocenters. The summed E-state index contributed by atoms with van der Waals surface area (Å²) in [6.45, 7) is 6.65. The van der Waals surface area contributed by atoms with Gasteiger partial charge in [0.1, 0.15) is 5.15 Å². The van der Waals surface area contributed by atoms with Crippen LogP contribution >= 0.6 is 11.6 Å². The number of amides is 1. The van der Waals surface area contributed by atoms with Crippen LogP contribution in [0.15, 0.2) is 35.2 Å². The van der Waals surface area contributed by atoms with Crippen LogP contribution in [0.2, 0.25) is 5.15 Å². The first-order chi connectivity index (χ1) is 12.1. The van der Waals surface area contributed by atoms with E-state index in [-0.39, 0.29) is 10.8 Å². The van der Waals surface area contributed by atoms with Crippen molar-refractivity contribution < 1.29 is 13.2 Å². The SMILES string of the molecule is Cc1nn(CC(C)C)c(Cl)c1/C=C/C(=O)Nc1ccc(S(N)(=O)=O)cc1. The van der Waals surface area contributed by atoms with Crippen LogP contribution in [-0.2, 0) is 21.4 Å². The number of carbonyl (C=O) groups is 1. The van der Waals surface area contributed by atoms with Crippen molar-refractivity contribution in [1.82, 2.24) is 9.78 Å². The van der Waals surface area contributed by atoms with Crippen molar-refractivity contribution in [1.29, 1.82) is 0 Å². The summed E-state index contributed by atoms with van der Waals surface area (Å²) in [5.41, 5.74) is 1.87. The number of nitrogens with two attached hydrogens (primary N) is 1. The Morgan fingerprint density at radius 1 is 1.35 bits per heavy atom. The number of hydrogen-bond donors (Lipinski definition) is 2. The largest absolute Gasteiger partial charge is 0.323 e. The minimum Gasteiger partial charge on any atom is -0.323 e. The van der Waals surface area contributed by atoms with E-state index in [0.29, 0.717) is 28.9 Å². The molecule has 7 nitrogen and oxygen atoms in total. The van der Waals surface area contributed by atoms with E-state index in [1.54, 1.807) is 10.8 Å². The molecule has 2 aromatic rings. The molecule has 1 heterocycles. The number of sulfonamides is 1. The molecule has 0 radical (unpaired) electrons. The van der Waals surface area contributed by atoms with Gasteiger partial charge < -0.3 is 5.32 Å². The zero-order valence-corrected chi connectivity index (χ0v) is 16.3. The number of benzene rings is 1. The Bertz CT molecular complexity index is 932. The molecule has 2 rings (SSSR count). The third kappa shape index (κ3) is 5.17. The highest BCUT2D eigenvalue weighted by Crippen LogP contribution is 2.22. The Balaban J connectivity index is 2.09. The molecule has 9 heteroatoms. The topological polar surface area (TPSA) is 107 Å². The minimum atomic E-state index is -3.76. The van der Waals surface area contributed by atoms with Crippen LogP contribution in [0.25, 0.3) is 6.08 Å². The fourth-order valence-corrected chi connectivity index (χ4v) is 3.12. The van der Waals surface area contributed by atoms with Gasteiger partial charge in [-0.05, 0) is 43.2 Å². The van der Waals surface area contributed by atoms with Crippen molar-refractivity contribution in [2.45, 2.75) is 32.2 Å². The maximum atomic E-state index is 12.1. The average Bonchev–Trinajstić information content (AvgIpc) is 2.78. The second-order valence-corrected chi connectivity index (χ2v) is 8.18. The van der Waals surface area contributed by atoms with Gasteiger partial charge in [0, 0.05) is 23.9 Å². The lowest BCUT2D eigenvalue weighted by atomic mass is 10.2. The van der Waals surface area contributed by atoms with Gasteiger partial charge >= 0.3 is 0 Å². The molecule has 0 aliphatic rings. The van der Waals surface area contributed by atoms with Crippen LogP contribution in [0.4, 0.5) is 5.69 Å². The number of anilines is 1. The Labute approximate surface area is 157 Å². The second-order valence-electron chi connectivity index (χ2n) is 6.26. The number of primary sulfonamides is 1. The first kappa shape index (κ1) is 20.2. The number of aryl methyl sites for hydroxylation is 1. The summed E-state index contributed by atoms with van der Waals surface area (Å²) in [4.78, 5) is 12.0. The van der Waals surface area contributed by atoms with E-state index in [0.717, 1.165) is 5.69 Å². The van der Waals surface area contributed by atoms with Crippen molar-refractivity contribution >= 4 is 39.3 Å². The monoisotopic (exact) mass is 396 g/mol. The van der Waals surface area contributed by atoms with E-state index in [4.69, 9.17) is 16.7 Å². The maximum Gasteiger partial charge on any atom is 0.248 e. The van der Waals surface area contributed by atoms with E-state index in [2.05, 4.69) is 24.3 Å². The van der Waals surface area contributed by atoms with Crippen molar-refractivity contribution in [2.24, 2.45) is 11.1 Å². The molecule has 0 bridgehead atoms. The number of rotatable bonds is 6. The number of aromatic nitrogens is 2. The Kier molecular flexibility index (Phi) is 6.22. The Morgan fingerprint density at radius 3 is 2.50 bits per heavy atom. The highest BCUT2D eigenvalue weighted by Gasteiger charge is 2.12. The minimum absolute atomic E-state index is 0.0222. The number of halogens is 1. The molecule has 0 saturated carbocycles. The highest BCUT2D eigenvalue weighted by atomic mass is 35.5. The van der Waals surface area contributed by atoms with Gasteiger partial charge in [0.25, 0.3) is 0 Å². The molecule has 0 fully saturated rings. The summed E-state index contributed by atoms with van der Waals surface area (Å²) in [7, 11) is -3.76. The van der Waals surface area contributed by atoms with Crippen LogP contribution in [0.5, 0.6) is 0 Å². The Hall–Kier alpha value is -2.16. The molecule has 3 N–H and O–H groups in total. The highest BCUT2D eigenvalue weighted by molar-refractivity contribution is 7.89. The summed E-state index contributed by atoms with van der Waals surface area (Å²) in [5, 5.41) is 12.5. The van der Waals surface area contributed by atoms with E-state index >= 15 is 0 Å². The molecule has 1 aromatic heterocycles. The molecular formula is C17H21ClN4O3S.